The maximum atomic E-state index is 11.1. The Bertz CT molecular complexity index is 842. The molecule has 0 amide bonds. The summed E-state index contributed by atoms with van der Waals surface area (Å²) in [4.78, 5) is 15.6. The van der Waals surface area contributed by atoms with Crippen LogP contribution in [0.4, 0.5) is 0 Å². The van der Waals surface area contributed by atoms with E-state index in [4.69, 9.17) is 14.3 Å². The van der Waals surface area contributed by atoms with Crippen LogP contribution in [-0.4, -0.2) is 35.8 Å². The van der Waals surface area contributed by atoms with Crippen molar-refractivity contribution in [2.75, 3.05) is 19.7 Å². The molecule has 142 valence electrons. The van der Waals surface area contributed by atoms with Crippen molar-refractivity contribution in [3.05, 3.63) is 60.0 Å². The third kappa shape index (κ3) is 5.56. The zero-order valence-electron chi connectivity index (χ0n) is 15.2. The Morgan fingerprint density at radius 1 is 1.04 bits per heavy atom. The standard InChI is InChI=1S/C21H24N2O4/c24-21(25)16-8-1-3-10-18(16)26-15-6-5-13-22-14-7-12-20-23-17-9-2-4-11-19(17)27-20/h1-4,8-11,22H,5-7,12-15H2,(H,24,25). The molecular formula is C21H24N2O4. The lowest BCUT2D eigenvalue weighted by Gasteiger charge is -2.09. The molecule has 0 unspecified atom stereocenters. The van der Waals surface area contributed by atoms with Crippen LogP contribution < -0.4 is 10.1 Å². The highest BCUT2D eigenvalue weighted by Crippen LogP contribution is 2.18. The SMILES string of the molecule is O=C(O)c1ccccc1OCCCCNCCCc1nc2ccccc2o1. The number of carbonyl (C=O) groups is 1. The summed E-state index contributed by atoms with van der Waals surface area (Å²) in [7, 11) is 0. The van der Waals surface area contributed by atoms with Crippen molar-refractivity contribution < 1.29 is 19.1 Å². The second kappa shape index (κ2) is 9.73. The predicted molar refractivity (Wildman–Crippen MR) is 103 cm³/mol. The average molecular weight is 368 g/mol. The van der Waals surface area contributed by atoms with Crippen LogP contribution in [0.1, 0.15) is 35.5 Å². The molecule has 0 bridgehead atoms. The summed E-state index contributed by atoms with van der Waals surface area (Å²) >= 11 is 0. The molecule has 0 atom stereocenters. The van der Waals surface area contributed by atoms with Crippen LogP contribution in [0.3, 0.4) is 0 Å². The maximum Gasteiger partial charge on any atom is 0.339 e. The van der Waals surface area contributed by atoms with Crippen LogP contribution in [0.2, 0.25) is 0 Å². The van der Waals surface area contributed by atoms with E-state index in [-0.39, 0.29) is 5.56 Å². The minimum atomic E-state index is -0.966. The molecule has 6 nitrogen and oxygen atoms in total. The van der Waals surface area contributed by atoms with Gasteiger partial charge < -0.3 is 19.6 Å². The molecule has 0 spiro atoms. The number of carboxylic acid groups (broad SMARTS) is 1. The monoisotopic (exact) mass is 368 g/mol. The lowest BCUT2D eigenvalue weighted by Crippen LogP contribution is -2.18. The first kappa shape index (κ1) is 18.9. The third-order valence-electron chi connectivity index (χ3n) is 4.21. The Balaban J connectivity index is 1.25. The molecule has 2 aromatic carbocycles. The summed E-state index contributed by atoms with van der Waals surface area (Å²) in [6, 6.07) is 14.5. The molecule has 0 saturated heterocycles. The van der Waals surface area contributed by atoms with E-state index in [0.29, 0.717) is 12.4 Å². The zero-order valence-corrected chi connectivity index (χ0v) is 15.2. The number of rotatable bonds is 11. The molecule has 0 saturated carbocycles. The highest BCUT2D eigenvalue weighted by molar-refractivity contribution is 5.90. The Morgan fingerprint density at radius 3 is 2.67 bits per heavy atom. The van der Waals surface area contributed by atoms with Crippen LogP contribution in [0.25, 0.3) is 11.1 Å². The van der Waals surface area contributed by atoms with Gasteiger partial charge >= 0.3 is 5.97 Å². The molecule has 0 aliphatic carbocycles. The first-order valence-electron chi connectivity index (χ1n) is 9.24. The van der Waals surface area contributed by atoms with Crippen LogP contribution in [0, 0.1) is 0 Å². The number of carboxylic acids is 1. The van der Waals surface area contributed by atoms with Crippen molar-refractivity contribution in [1.29, 1.82) is 0 Å². The van der Waals surface area contributed by atoms with E-state index in [1.54, 1.807) is 24.3 Å². The number of unbranched alkanes of at least 4 members (excludes halogenated alkanes) is 1. The number of aromatic nitrogens is 1. The number of nitrogens with zero attached hydrogens (tertiary/aromatic N) is 1. The molecule has 27 heavy (non-hydrogen) atoms. The van der Waals surface area contributed by atoms with Gasteiger partial charge in [0.2, 0.25) is 0 Å². The molecule has 0 fully saturated rings. The highest BCUT2D eigenvalue weighted by atomic mass is 16.5. The first-order chi connectivity index (χ1) is 13.2. The number of fused-ring (bicyclic) bond motifs is 1. The van der Waals surface area contributed by atoms with E-state index >= 15 is 0 Å². The second-order valence-electron chi connectivity index (χ2n) is 6.29. The molecular weight excluding hydrogens is 344 g/mol. The summed E-state index contributed by atoms with van der Waals surface area (Å²) in [6.07, 6.45) is 3.62. The Hall–Kier alpha value is -2.86. The predicted octanol–water partition coefficient (Wildman–Crippen LogP) is 3.91. The van der Waals surface area contributed by atoms with E-state index < -0.39 is 5.97 Å². The van der Waals surface area contributed by atoms with Gasteiger partial charge in [-0.1, -0.05) is 24.3 Å². The fourth-order valence-electron chi connectivity index (χ4n) is 2.82. The number of hydrogen-bond acceptors (Lipinski definition) is 5. The molecule has 0 aliphatic rings. The Morgan fingerprint density at radius 2 is 1.81 bits per heavy atom. The summed E-state index contributed by atoms with van der Waals surface area (Å²) < 4.78 is 11.3. The van der Waals surface area contributed by atoms with Crippen LogP contribution in [0.15, 0.2) is 52.9 Å². The van der Waals surface area contributed by atoms with Gasteiger partial charge in [-0.15, -0.1) is 0 Å². The van der Waals surface area contributed by atoms with E-state index in [1.165, 1.54) is 0 Å². The third-order valence-corrected chi connectivity index (χ3v) is 4.21. The normalized spacial score (nSPS) is 11.0. The molecule has 1 heterocycles. The smallest absolute Gasteiger partial charge is 0.339 e. The Labute approximate surface area is 158 Å². The van der Waals surface area contributed by atoms with Crippen molar-refractivity contribution in [1.82, 2.24) is 10.3 Å². The van der Waals surface area contributed by atoms with Gasteiger partial charge in [0.15, 0.2) is 11.5 Å². The van der Waals surface area contributed by atoms with Crippen molar-refractivity contribution in [3.8, 4) is 5.75 Å². The van der Waals surface area contributed by atoms with Crippen molar-refractivity contribution in [3.63, 3.8) is 0 Å². The van der Waals surface area contributed by atoms with Gasteiger partial charge in [0.25, 0.3) is 0 Å². The number of aryl methyl sites for hydroxylation is 1. The van der Waals surface area contributed by atoms with Crippen LogP contribution in [0.5, 0.6) is 5.75 Å². The van der Waals surface area contributed by atoms with Gasteiger partial charge in [-0.2, -0.15) is 0 Å². The number of oxazole rings is 1. The summed E-state index contributed by atoms with van der Waals surface area (Å²) in [5.74, 6) is 0.242. The molecule has 3 aromatic rings. The highest BCUT2D eigenvalue weighted by Gasteiger charge is 2.09. The lowest BCUT2D eigenvalue weighted by atomic mass is 10.2. The number of hydrogen-bond donors (Lipinski definition) is 2. The molecule has 0 aliphatic heterocycles. The minimum absolute atomic E-state index is 0.204. The van der Waals surface area contributed by atoms with Crippen molar-refractivity contribution >= 4 is 17.1 Å². The number of aromatic carboxylic acids is 1. The molecule has 3 rings (SSSR count). The van der Waals surface area contributed by atoms with Gasteiger partial charge in [-0.3, -0.25) is 0 Å². The van der Waals surface area contributed by atoms with E-state index in [0.717, 1.165) is 55.8 Å². The van der Waals surface area contributed by atoms with E-state index in [2.05, 4.69) is 10.3 Å². The first-order valence-corrected chi connectivity index (χ1v) is 9.24. The van der Waals surface area contributed by atoms with Gasteiger partial charge in [0.1, 0.15) is 16.8 Å². The maximum absolute atomic E-state index is 11.1. The van der Waals surface area contributed by atoms with E-state index in [9.17, 15) is 4.79 Å². The fraction of sp³-hybridized carbons (Fsp3) is 0.333. The van der Waals surface area contributed by atoms with Gasteiger partial charge in [-0.25, -0.2) is 9.78 Å². The number of nitrogens with one attached hydrogen (secondary N) is 1. The Kier molecular flexibility index (Phi) is 6.82. The quantitative estimate of drug-likeness (QED) is 0.499. The van der Waals surface area contributed by atoms with Crippen molar-refractivity contribution in [2.24, 2.45) is 0 Å². The molecule has 2 N–H and O–H groups in total. The van der Waals surface area contributed by atoms with Gasteiger partial charge in [0.05, 0.1) is 6.61 Å². The number of ether oxygens (including phenoxy) is 1. The van der Waals surface area contributed by atoms with E-state index in [1.807, 2.05) is 24.3 Å². The topological polar surface area (TPSA) is 84.6 Å². The largest absolute Gasteiger partial charge is 0.493 e. The minimum Gasteiger partial charge on any atom is -0.493 e. The molecule has 0 radical (unpaired) electrons. The summed E-state index contributed by atoms with van der Waals surface area (Å²) in [5.41, 5.74) is 1.95. The number of para-hydroxylation sites is 3. The number of benzene rings is 2. The second-order valence-corrected chi connectivity index (χ2v) is 6.29. The van der Waals surface area contributed by atoms with Gasteiger partial charge in [0, 0.05) is 6.42 Å². The lowest BCUT2D eigenvalue weighted by molar-refractivity contribution is 0.0692. The molecule has 6 heteroatoms. The van der Waals surface area contributed by atoms with Crippen LogP contribution in [-0.2, 0) is 6.42 Å². The van der Waals surface area contributed by atoms with Crippen molar-refractivity contribution in [2.45, 2.75) is 25.7 Å². The molecule has 1 aromatic heterocycles. The zero-order chi connectivity index (χ0) is 18.9. The van der Waals surface area contributed by atoms with Crippen LogP contribution >= 0.6 is 0 Å². The average Bonchev–Trinajstić information content (AvgIpc) is 3.09. The summed E-state index contributed by atoms with van der Waals surface area (Å²) in [5, 5.41) is 12.5. The van der Waals surface area contributed by atoms with Gasteiger partial charge in [-0.05, 0) is 56.6 Å². The summed E-state index contributed by atoms with van der Waals surface area (Å²) in [6.45, 7) is 2.31. The fourth-order valence-corrected chi connectivity index (χ4v) is 2.82.